The standard InChI is InChI=1S/C12H17N3O2S/c1-3-15(9-10(2)8-13)18(16,17)12-7-5-4-6-11(12)14/h4-7,10H,3,9,14H2,1-2H3. The first kappa shape index (κ1) is 14.5. The molecule has 6 heteroatoms. The predicted molar refractivity (Wildman–Crippen MR) is 70.1 cm³/mol. The number of rotatable bonds is 5. The van der Waals surface area contributed by atoms with Crippen LogP contribution in [0.2, 0.25) is 0 Å². The van der Waals surface area contributed by atoms with Crippen molar-refractivity contribution >= 4 is 15.7 Å². The van der Waals surface area contributed by atoms with Crippen molar-refractivity contribution in [3.05, 3.63) is 24.3 Å². The fourth-order valence-electron chi connectivity index (χ4n) is 1.60. The summed E-state index contributed by atoms with van der Waals surface area (Å²) in [4.78, 5) is 0.0944. The van der Waals surface area contributed by atoms with E-state index < -0.39 is 10.0 Å². The quantitative estimate of drug-likeness (QED) is 0.818. The highest BCUT2D eigenvalue weighted by Gasteiger charge is 2.26. The molecule has 5 nitrogen and oxygen atoms in total. The zero-order chi connectivity index (χ0) is 13.8. The van der Waals surface area contributed by atoms with Gasteiger partial charge in [0.2, 0.25) is 10.0 Å². The molecule has 1 rings (SSSR count). The van der Waals surface area contributed by atoms with Gasteiger partial charge in [-0.2, -0.15) is 9.57 Å². The molecule has 0 saturated heterocycles. The Morgan fingerprint density at radius 1 is 1.44 bits per heavy atom. The van der Waals surface area contributed by atoms with Gasteiger partial charge in [-0.15, -0.1) is 0 Å². The molecule has 0 aliphatic heterocycles. The smallest absolute Gasteiger partial charge is 0.245 e. The maximum absolute atomic E-state index is 12.4. The van der Waals surface area contributed by atoms with Crippen LogP contribution in [0.25, 0.3) is 0 Å². The lowest BCUT2D eigenvalue weighted by Crippen LogP contribution is -2.34. The van der Waals surface area contributed by atoms with Gasteiger partial charge in [-0.1, -0.05) is 19.1 Å². The maximum atomic E-state index is 12.4. The first-order valence-corrected chi connectivity index (χ1v) is 7.11. The van der Waals surface area contributed by atoms with Crippen LogP contribution in [0, 0.1) is 17.2 Å². The van der Waals surface area contributed by atoms with Crippen molar-refractivity contribution in [1.29, 1.82) is 5.26 Å². The zero-order valence-electron chi connectivity index (χ0n) is 10.5. The Kier molecular flexibility index (Phi) is 4.70. The summed E-state index contributed by atoms with van der Waals surface area (Å²) in [5.41, 5.74) is 5.91. The number of nitrogens with zero attached hydrogens (tertiary/aromatic N) is 2. The molecule has 0 aliphatic rings. The first-order valence-electron chi connectivity index (χ1n) is 5.67. The molecule has 18 heavy (non-hydrogen) atoms. The number of nitriles is 1. The summed E-state index contributed by atoms with van der Waals surface area (Å²) in [6.07, 6.45) is 0. The van der Waals surface area contributed by atoms with Gasteiger partial charge >= 0.3 is 0 Å². The average Bonchev–Trinajstić information content (AvgIpc) is 2.35. The van der Waals surface area contributed by atoms with Crippen molar-refractivity contribution < 1.29 is 8.42 Å². The molecule has 0 heterocycles. The molecule has 0 aliphatic carbocycles. The molecule has 1 aromatic rings. The van der Waals surface area contributed by atoms with Gasteiger partial charge in [0.1, 0.15) is 4.90 Å². The Morgan fingerprint density at radius 3 is 2.56 bits per heavy atom. The van der Waals surface area contributed by atoms with Crippen molar-refractivity contribution in [3.8, 4) is 6.07 Å². The van der Waals surface area contributed by atoms with Gasteiger partial charge in [0.25, 0.3) is 0 Å². The second kappa shape index (κ2) is 5.85. The van der Waals surface area contributed by atoms with Gasteiger partial charge < -0.3 is 5.73 Å². The Labute approximate surface area is 108 Å². The number of para-hydroxylation sites is 1. The highest BCUT2D eigenvalue weighted by atomic mass is 32.2. The molecule has 0 aromatic heterocycles. The number of anilines is 1. The monoisotopic (exact) mass is 267 g/mol. The molecule has 0 amide bonds. The molecule has 1 aromatic carbocycles. The Morgan fingerprint density at radius 2 is 2.06 bits per heavy atom. The van der Waals surface area contributed by atoms with Gasteiger partial charge in [-0.3, -0.25) is 0 Å². The first-order chi connectivity index (χ1) is 8.43. The fraction of sp³-hybridized carbons (Fsp3) is 0.417. The van der Waals surface area contributed by atoms with Gasteiger partial charge in [-0.05, 0) is 19.1 Å². The molecule has 1 atom stereocenters. The number of nitrogen functional groups attached to an aromatic ring is 1. The van der Waals surface area contributed by atoms with E-state index in [1.54, 1.807) is 32.0 Å². The predicted octanol–water partition coefficient (Wildman–Crippen LogP) is 1.44. The van der Waals surface area contributed by atoms with Crippen molar-refractivity contribution in [3.63, 3.8) is 0 Å². The SMILES string of the molecule is CCN(CC(C)C#N)S(=O)(=O)c1ccccc1N. The normalized spacial score (nSPS) is 13.2. The summed E-state index contributed by atoms with van der Waals surface area (Å²) in [7, 11) is -3.63. The minimum atomic E-state index is -3.63. The van der Waals surface area contributed by atoms with E-state index in [1.807, 2.05) is 6.07 Å². The Hall–Kier alpha value is -1.58. The van der Waals surface area contributed by atoms with Gasteiger partial charge in [0.05, 0.1) is 17.7 Å². The Balaban J connectivity index is 3.13. The van der Waals surface area contributed by atoms with Gasteiger partial charge in [-0.25, -0.2) is 8.42 Å². The van der Waals surface area contributed by atoms with Crippen molar-refractivity contribution in [2.75, 3.05) is 18.8 Å². The number of hydrogen-bond acceptors (Lipinski definition) is 4. The van der Waals surface area contributed by atoms with Crippen LogP contribution in [-0.2, 0) is 10.0 Å². The van der Waals surface area contributed by atoms with E-state index in [0.29, 0.717) is 6.54 Å². The summed E-state index contributed by atoms with van der Waals surface area (Å²) < 4.78 is 26.0. The van der Waals surface area contributed by atoms with E-state index in [0.717, 1.165) is 0 Å². The van der Waals surface area contributed by atoms with Crippen LogP contribution in [0.5, 0.6) is 0 Å². The van der Waals surface area contributed by atoms with Crippen molar-refractivity contribution in [1.82, 2.24) is 4.31 Å². The molecular weight excluding hydrogens is 250 g/mol. The largest absolute Gasteiger partial charge is 0.398 e. The number of hydrogen-bond donors (Lipinski definition) is 1. The van der Waals surface area contributed by atoms with E-state index in [1.165, 1.54) is 10.4 Å². The van der Waals surface area contributed by atoms with E-state index in [-0.39, 0.29) is 23.0 Å². The summed E-state index contributed by atoms with van der Waals surface area (Å²) in [6.45, 7) is 3.90. The summed E-state index contributed by atoms with van der Waals surface area (Å²) >= 11 is 0. The summed E-state index contributed by atoms with van der Waals surface area (Å²) in [6, 6.07) is 8.37. The third kappa shape index (κ3) is 3.00. The zero-order valence-corrected chi connectivity index (χ0v) is 11.3. The lowest BCUT2D eigenvalue weighted by Gasteiger charge is -2.22. The highest BCUT2D eigenvalue weighted by Crippen LogP contribution is 2.22. The van der Waals surface area contributed by atoms with E-state index >= 15 is 0 Å². The number of sulfonamides is 1. The van der Waals surface area contributed by atoms with Crippen LogP contribution in [0.15, 0.2) is 29.2 Å². The van der Waals surface area contributed by atoms with Gasteiger partial charge in [0, 0.05) is 13.1 Å². The van der Waals surface area contributed by atoms with Gasteiger partial charge in [0.15, 0.2) is 0 Å². The molecular formula is C12H17N3O2S. The molecule has 0 radical (unpaired) electrons. The topological polar surface area (TPSA) is 87.2 Å². The van der Waals surface area contributed by atoms with Crippen LogP contribution in [0.3, 0.4) is 0 Å². The van der Waals surface area contributed by atoms with Crippen LogP contribution in [0.4, 0.5) is 5.69 Å². The minimum absolute atomic E-state index is 0.0944. The second-order valence-electron chi connectivity index (χ2n) is 4.02. The lowest BCUT2D eigenvalue weighted by molar-refractivity contribution is 0.400. The van der Waals surface area contributed by atoms with Crippen LogP contribution in [-0.4, -0.2) is 25.8 Å². The minimum Gasteiger partial charge on any atom is -0.398 e. The Bertz CT molecular complexity index is 549. The number of nitrogens with two attached hydrogens (primary N) is 1. The molecule has 1 unspecified atom stereocenters. The molecule has 98 valence electrons. The van der Waals surface area contributed by atoms with E-state index in [2.05, 4.69) is 0 Å². The lowest BCUT2D eigenvalue weighted by atomic mass is 10.2. The maximum Gasteiger partial charge on any atom is 0.245 e. The highest BCUT2D eigenvalue weighted by molar-refractivity contribution is 7.89. The number of benzene rings is 1. The van der Waals surface area contributed by atoms with Crippen molar-refractivity contribution in [2.24, 2.45) is 5.92 Å². The fourth-order valence-corrected chi connectivity index (χ4v) is 3.25. The third-order valence-electron chi connectivity index (χ3n) is 2.59. The van der Waals surface area contributed by atoms with Crippen LogP contribution >= 0.6 is 0 Å². The molecule has 0 saturated carbocycles. The summed E-state index contributed by atoms with van der Waals surface area (Å²) in [5.74, 6) is -0.357. The van der Waals surface area contributed by atoms with E-state index in [9.17, 15) is 8.42 Å². The summed E-state index contributed by atoms with van der Waals surface area (Å²) in [5, 5.41) is 8.77. The average molecular weight is 267 g/mol. The van der Waals surface area contributed by atoms with Crippen molar-refractivity contribution in [2.45, 2.75) is 18.7 Å². The van der Waals surface area contributed by atoms with Crippen LogP contribution < -0.4 is 5.73 Å². The molecule has 0 spiro atoms. The molecule has 0 bridgehead atoms. The molecule has 2 N–H and O–H groups in total. The third-order valence-corrected chi connectivity index (χ3v) is 4.60. The van der Waals surface area contributed by atoms with E-state index in [4.69, 9.17) is 11.0 Å². The van der Waals surface area contributed by atoms with Crippen LogP contribution in [0.1, 0.15) is 13.8 Å². The molecule has 0 fully saturated rings. The second-order valence-corrected chi connectivity index (χ2v) is 5.93.